The molecule has 0 aromatic heterocycles. The van der Waals surface area contributed by atoms with Crippen LogP contribution in [0.15, 0.2) is 29.3 Å². The summed E-state index contributed by atoms with van der Waals surface area (Å²) in [6.07, 6.45) is 1.12. The molecule has 1 aromatic rings. The highest BCUT2D eigenvalue weighted by atomic mass is 127. The van der Waals surface area contributed by atoms with Crippen molar-refractivity contribution in [3.63, 3.8) is 0 Å². The number of benzene rings is 1. The molecule has 5 heteroatoms. The molecule has 1 aromatic carbocycles. The van der Waals surface area contributed by atoms with E-state index < -0.39 is 0 Å². The van der Waals surface area contributed by atoms with Crippen molar-refractivity contribution in [1.82, 2.24) is 10.6 Å². The molecule has 0 radical (unpaired) electrons. The molecule has 0 aliphatic heterocycles. The Bertz CT molecular complexity index is 446. The Kier molecular flexibility index (Phi) is 9.82. The molecule has 1 rings (SSSR count). The van der Waals surface area contributed by atoms with Crippen molar-refractivity contribution in [3.05, 3.63) is 35.4 Å². The van der Waals surface area contributed by atoms with Crippen LogP contribution < -0.4 is 10.6 Å². The lowest BCUT2D eigenvalue weighted by Crippen LogP contribution is -2.37. The number of guanidine groups is 1. The SMILES string of the molecule is CN=C(NCCC(C)C)NCc1ccc(C#N)cc1.I. The topological polar surface area (TPSA) is 60.2 Å². The third-order valence-electron chi connectivity index (χ3n) is 2.78. The van der Waals surface area contributed by atoms with Crippen LogP contribution in [-0.4, -0.2) is 19.6 Å². The van der Waals surface area contributed by atoms with Crippen LogP contribution in [0.25, 0.3) is 0 Å². The minimum atomic E-state index is 0. The first-order valence-corrected chi connectivity index (χ1v) is 6.59. The number of rotatable bonds is 5. The molecule has 4 nitrogen and oxygen atoms in total. The van der Waals surface area contributed by atoms with Crippen LogP contribution in [0.2, 0.25) is 0 Å². The zero-order valence-corrected chi connectivity index (χ0v) is 14.6. The van der Waals surface area contributed by atoms with Crippen molar-refractivity contribution in [2.45, 2.75) is 26.8 Å². The summed E-state index contributed by atoms with van der Waals surface area (Å²) in [5, 5.41) is 15.3. The molecule has 0 fully saturated rings. The van der Waals surface area contributed by atoms with Gasteiger partial charge in [0.25, 0.3) is 0 Å². The molecule has 2 N–H and O–H groups in total. The quantitative estimate of drug-likeness (QED) is 0.465. The van der Waals surface area contributed by atoms with Crippen molar-refractivity contribution in [2.75, 3.05) is 13.6 Å². The number of nitriles is 1. The van der Waals surface area contributed by atoms with Gasteiger partial charge in [-0.3, -0.25) is 4.99 Å². The Morgan fingerprint density at radius 3 is 2.40 bits per heavy atom. The summed E-state index contributed by atoms with van der Waals surface area (Å²) in [5.41, 5.74) is 1.81. The van der Waals surface area contributed by atoms with Gasteiger partial charge >= 0.3 is 0 Å². The van der Waals surface area contributed by atoms with E-state index in [0.717, 1.165) is 24.5 Å². The second kappa shape index (κ2) is 10.5. The number of hydrogen-bond donors (Lipinski definition) is 2. The minimum Gasteiger partial charge on any atom is -0.356 e. The fourth-order valence-corrected chi connectivity index (χ4v) is 1.58. The van der Waals surface area contributed by atoms with Gasteiger partial charge in [-0.05, 0) is 30.0 Å². The molecule has 0 unspecified atom stereocenters. The maximum Gasteiger partial charge on any atom is 0.191 e. The van der Waals surface area contributed by atoms with Crippen molar-refractivity contribution in [3.8, 4) is 6.07 Å². The standard InChI is InChI=1S/C15H22N4.HI/c1-12(2)8-9-18-15(17-3)19-11-14-6-4-13(10-16)5-7-14;/h4-7,12H,8-9,11H2,1-3H3,(H2,17,18,19);1H. The highest BCUT2D eigenvalue weighted by molar-refractivity contribution is 14.0. The Morgan fingerprint density at radius 2 is 1.90 bits per heavy atom. The van der Waals surface area contributed by atoms with E-state index in [4.69, 9.17) is 5.26 Å². The van der Waals surface area contributed by atoms with E-state index in [1.54, 1.807) is 7.05 Å². The van der Waals surface area contributed by atoms with Gasteiger partial charge in [-0.2, -0.15) is 5.26 Å². The monoisotopic (exact) mass is 386 g/mol. The first kappa shape index (κ1) is 18.7. The second-order valence-electron chi connectivity index (χ2n) is 4.84. The molecule has 0 heterocycles. The Hall–Kier alpha value is -1.29. The summed E-state index contributed by atoms with van der Waals surface area (Å²) in [5.74, 6) is 1.49. The average Bonchev–Trinajstić information content (AvgIpc) is 2.42. The molecular weight excluding hydrogens is 363 g/mol. The molecule has 0 saturated heterocycles. The minimum absolute atomic E-state index is 0. The number of nitrogens with zero attached hydrogens (tertiary/aromatic N) is 2. The largest absolute Gasteiger partial charge is 0.356 e. The van der Waals surface area contributed by atoms with E-state index in [0.29, 0.717) is 18.0 Å². The zero-order valence-electron chi connectivity index (χ0n) is 12.3. The smallest absolute Gasteiger partial charge is 0.191 e. The van der Waals surface area contributed by atoms with Gasteiger partial charge in [0.1, 0.15) is 0 Å². The van der Waals surface area contributed by atoms with Crippen LogP contribution in [0, 0.1) is 17.2 Å². The Labute approximate surface area is 138 Å². The van der Waals surface area contributed by atoms with Gasteiger partial charge in [0.05, 0.1) is 11.6 Å². The lowest BCUT2D eigenvalue weighted by Gasteiger charge is -2.12. The van der Waals surface area contributed by atoms with E-state index in [1.807, 2.05) is 24.3 Å². The van der Waals surface area contributed by atoms with Crippen molar-refractivity contribution < 1.29 is 0 Å². The van der Waals surface area contributed by atoms with Crippen LogP contribution in [-0.2, 0) is 6.54 Å². The van der Waals surface area contributed by atoms with E-state index in [2.05, 4.69) is 35.5 Å². The summed E-state index contributed by atoms with van der Waals surface area (Å²) >= 11 is 0. The van der Waals surface area contributed by atoms with Gasteiger partial charge < -0.3 is 10.6 Å². The van der Waals surface area contributed by atoms with Gasteiger partial charge in [-0.25, -0.2) is 0 Å². The van der Waals surface area contributed by atoms with Crippen LogP contribution >= 0.6 is 24.0 Å². The first-order chi connectivity index (χ1) is 9.15. The van der Waals surface area contributed by atoms with Crippen LogP contribution in [0.3, 0.4) is 0 Å². The lowest BCUT2D eigenvalue weighted by molar-refractivity contribution is 0.573. The van der Waals surface area contributed by atoms with Gasteiger partial charge in [0.2, 0.25) is 0 Å². The molecule has 0 aliphatic rings. The fourth-order valence-electron chi connectivity index (χ4n) is 1.58. The van der Waals surface area contributed by atoms with E-state index >= 15 is 0 Å². The third kappa shape index (κ3) is 7.34. The molecule has 0 bridgehead atoms. The Morgan fingerprint density at radius 1 is 1.25 bits per heavy atom. The zero-order chi connectivity index (χ0) is 14.1. The normalized spacial score (nSPS) is 10.7. The number of hydrogen-bond acceptors (Lipinski definition) is 2. The summed E-state index contributed by atoms with van der Waals surface area (Å²) in [7, 11) is 1.77. The average molecular weight is 386 g/mol. The molecule has 0 saturated carbocycles. The van der Waals surface area contributed by atoms with Crippen molar-refractivity contribution in [1.29, 1.82) is 5.26 Å². The molecule has 0 amide bonds. The highest BCUT2D eigenvalue weighted by Gasteiger charge is 1.99. The third-order valence-corrected chi connectivity index (χ3v) is 2.78. The van der Waals surface area contributed by atoms with Crippen LogP contribution in [0.1, 0.15) is 31.4 Å². The molecule has 110 valence electrons. The highest BCUT2D eigenvalue weighted by Crippen LogP contribution is 2.02. The fraction of sp³-hybridized carbons (Fsp3) is 0.467. The first-order valence-electron chi connectivity index (χ1n) is 6.59. The molecule has 0 aliphatic carbocycles. The Balaban J connectivity index is 0.00000361. The van der Waals surface area contributed by atoms with Gasteiger partial charge in [-0.1, -0.05) is 26.0 Å². The summed E-state index contributed by atoms with van der Waals surface area (Å²) in [6, 6.07) is 9.67. The van der Waals surface area contributed by atoms with E-state index in [9.17, 15) is 0 Å². The summed E-state index contributed by atoms with van der Waals surface area (Å²) in [4.78, 5) is 4.18. The predicted octanol–water partition coefficient (Wildman–Crippen LogP) is 2.89. The second-order valence-corrected chi connectivity index (χ2v) is 4.84. The van der Waals surface area contributed by atoms with Crippen LogP contribution in [0.5, 0.6) is 0 Å². The van der Waals surface area contributed by atoms with Gasteiger partial charge in [0, 0.05) is 20.1 Å². The molecule has 0 atom stereocenters. The van der Waals surface area contributed by atoms with Crippen molar-refractivity contribution >= 4 is 29.9 Å². The number of nitrogens with one attached hydrogen (secondary N) is 2. The summed E-state index contributed by atoms with van der Waals surface area (Å²) < 4.78 is 0. The van der Waals surface area contributed by atoms with Gasteiger partial charge in [-0.15, -0.1) is 24.0 Å². The molecule has 20 heavy (non-hydrogen) atoms. The molecular formula is C15H23IN4. The maximum atomic E-state index is 8.73. The van der Waals surface area contributed by atoms with Crippen LogP contribution in [0.4, 0.5) is 0 Å². The van der Waals surface area contributed by atoms with Gasteiger partial charge in [0.15, 0.2) is 5.96 Å². The number of aliphatic imine (C=N–C) groups is 1. The maximum absolute atomic E-state index is 8.73. The lowest BCUT2D eigenvalue weighted by atomic mass is 10.1. The van der Waals surface area contributed by atoms with Crippen molar-refractivity contribution in [2.24, 2.45) is 10.9 Å². The number of halogens is 1. The van der Waals surface area contributed by atoms with E-state index in [1.165, 1.54) is 0 Å². The summed E-state index contributed by atoms with van der Waals surface area (Å²) in [6.45, 7) is 6.03. The predicted molar refractivity (Wildman–Crippen MR) is 94.2 cm³/mol. The van der Waals surface area contributed by atoms with E-state index in [-0.39, 0.29) is 24.0 Å². The molecule has 0 spiro atoms.